The Bertz CT molecular complexity index is 3310. The maximum atomic E-state index is 6.48. The van der Waals surface area contributed by atoms with Crippen molar-refractivity contribution in [3.05, 3.63) is 194 Å². The smallest absolute Gasteiger partial charge is 0.229 e. The first-order chi connectivity index (χ1) is 29.2. The van der Waals surface area contributed by atoms with E-state index in [-0.39, 0.29) is 0 Å². The summed E-state index contributed by atoms with van der Waals surface area (Å²) in [6, 6.07) is 63.8. The van der Waals surface area contributed by atoms with Crippen LogP contribution in [0.1, 0.15) is 0 Å². The molecule has 7 aromatic carbocycles. The summed E-state index contributed by atoms with van der Waals surface area (Å²) in [6.45, 7) is 0. The molecule has 0 spiro atoms. The van der Waals surface area contributed by atoms with Crippen molar-refractivity contribution in [2.75, 3.05) is 0 Å². The maximum Gasteiger partial charge on any atom is 0.229 e. The molecule has 7 nitrogen and oxygen atoms in total. The summed E-state index contributed by atoms with van der Waals surface area (Å²) in [5.74, 6) is 2.34. The molecular weight excluding hydrogens is 725 g/mol. The molecule has 11 rings (SSSR count). The molecule has 0 fully saturated rings. The van der Waals surface area contributed by atoms with E-state index < -0.39 is 0 Å². The lowest BCUT2D eigenvalue weighted by molar-refractivity contribution is 0.653. The summed E-state index contributed by atoms with van der Waals surface area (Å²) >= 11 is 0. The molecule has 59 heavy (non-hydrogen) atoms. The summed E-state index contributed by atoms with van der Waals surface area (Å²) in [7, 11) is 0. The molecule has 0 unspecified atom stereocenters. The summed E-state index contributed by atoms with van der Waals surface area (Å²) in [5, 5.41) is 3.09. The third-order valence-electron chi connectivity index (χ3n) is 10.6. The topological polar surface area (TPSA) is 90.5 Å². The first-order valence-electron chi connectivity index (χ1n) is 19.4. The molecule has 0 atom stereocenters. The Labute approximate surface area is 339 Å². The highest BCUT2D eigenvalue weighted by Crippen LogP contribution is 2.38. The largest absolute Gasteiger partial charge is 0.434 e. The van der Waals surface area contributed by atoms with Gasteiger partial charge in [0.2, 0.25) is 5.71 Å². The zero-order chi connectivity index (χ0) is 39.1. The van der Waals surface area contributed by atoms with E-state index in [4.69, 9.17) is 34.3 Å². The van der Waals surface area contributed by atoms with Gasteiger partial charge in [-0.05, 0) is 45.7 Å². The number of aromatic nitrogens is 6. The molecule has 7 heteroatoms. The van der Waals surface area contributed by atoms with E-state index in [1.54, 1.807) is 0 Å². The van der Waals surface area contributed by atoms with Crippen LogP contribution < -0.4 is 0 Å². The van der Waals surface area contributed by atoms with Crippen LogP contribution in [0.5, 0.6) is 0 Å². The third kappa shape index (κ3) is 6.46. The lowest BCUT2D eigenvalue weighted by Gasteiger charge is -2.10. The van der Waals surface area contributed by atoms with Crippen LogP contribution in [-0.4, -0.2) is 29.9 Å². The molecule has 4 aromatic heterocycles. The maximum absolute atomic E-state index is 6.48. The number of hydrogen-bond donors (Lipinski definition) is 0. The Balaban J connectivity index is 1.04. The molecule has 0 N–H and O–H groups in total. The van der Waals surface area contributed by atoms with Gasteiger partial charge < -0.3 is 4.42 Å². The summed E-state index contributed by atoms with van der Waals surface area (Å²) in [5.41, 5.74) is 11.2. The van der Waals surface area contributed by atoms with Gasteiger partial charge in [0.25, 0.3) is 0 Å². The van der Waals surface area contributed by atoms with E-state index in [1.165, 1.54) is 0 Å². The van der Waals surface area contributed by atoms with Crippen LogP contribution in [0.15, 0.2) is 199 Å². The Kier molecular flexibility index (Phi) is 8.33. The van der Waals surface area contributed by atoms with Crippen molar-refractivity contribution in [1.29, 1.82) is 0 Å². The Morgan fingerprint density at radius 1 is 0.322 bits per heavy atom. The molecule has 0 bridgehead atoms. The van der Waals surface area contributed by atoms with Gasteiger partial charge >= 0.3 is 0 Å². The van der Waals surface area contributed by atoms with Crippen molar-refractivity contribution in [3.8, 4) is 79.1 Å². The number of benzene rings is 7. The second-order valence-corrected chi connectivity index (χ2v) is 14.4. The van der Waals surface area contributed by atoms with E-state index in [0.717, 1.165) is 66.2 Å². The number of hydrogen-bond acceptors (Lipinski definition) is 7. The molecule has 11 aromatic rings. The van der Waals surface area contributed by atoms with Crippen LogP contribution in [0, 0.1) is 0 Å². The molecular formula is C52H32N6O. The van der Waals surface area contributed by atoms with Gasteiger partial charge in [0.05, 0.1) is 5.39 Å². The van der Waals surface area contributed by atoms with E-state index in [1.807, 2.05) is 121 Å². The number of furan rings is 1. The summed E-state index contributed by atoms with van der Waals surface area (Å²) in [4.78, 5) is 30.1. The summed E-state index contributed by atoms with van der Waals surface area (Å²) < 4.78 is 6.48. The summed E-state index contributed by atoms with van der Waals surface area (Å²) in [6.07, 6.45) is 1.85. The molecule has 276 valence electrons. The molecule has 0 amide bonds. The predicted molar refractivity (Wildman–Crippen MR) is 236 cm³/mol. The fourth-order valence-electron chi connectivity index (χ4n) is 7.57. The quantitative estimate of drug-likeness (QED) is 0.160. The number of pyridine rings is 1. The molecule has 0 aliphatic carbocycles. The van der Waals surface area contributed by atoms with E-state index in [2.05, 4.69) is 72.8 Å². The van der Waals surface area contributed by atoms with Gasteiger partial charge in [-0.1, -0.05) is 170 Å². The molecule has 0 aliphatic rings. The second kappa shape index (κ2) is 14.4. The van der Waals surface area contributed by atoms with E-state index in [9.17, 15) is 0 Å². The SMILES string of the molecule is c1ccc(-c2cccc(-c3nc(-c4ccccc4)nc(-c4ccc(-c5nc(-c6ccc7ccccc7c6)c6oc7ncc(-c8ccccc8)cc7c6n5)cc4)n3)c2)cc1. The van der Waals surface area contributed by atoms with E-state index in [0.29, 0.717) is 45.8 Å². The monoisotopic (exact) mass is 756 g/mol. The standard InChI is InChI=1S/C52H32N6O/c1-4-13-33(14-5-1)40-21-12-22-42(30-40)51-57-49(36-18-8-3-9-19-36)56-50(58-51)38-26-24-37(25-27-38)48-54-45(41-28-23-35-17-10-11-20-39(35)29-41)47-46(55-48)44-31-43(32-53-52(44)59-47)34-15-6-2-7-16-34/h1-32H. The Morgan fingerprint density at radius 2 is 0.831 bits per heavy atom. The fourth-order valence-corrected chi connectivity index (χ4v) is 7.57. The predicted octanol–water partition coefficient (Wildman–Crippen LogP) is 12.8. The van der Waals surface area contributed by atoms with Crippen molar-refractivity contribution in [2.45, 2.75) is 0 Å². The van der Waals surface area contributed by atoms with Crippen molar-refractivity contribution >= 4 is 33.0 Å². The Hall–Kier alpha value is -8.16. The molecule has 0 saturated carbocycles. The number of nitrogens with zero attached hydrogens (tertiary/aromatic N) is 6. The average molecular weight is 757 g/mol. The normalized spacial score (nSPS) is 11.4. The number of rotatable bonds is 7. The first kappa shape index (κ1) is 34.1. The van der Waals surface area contributed by atoms with E-state index >= 15 is 0 Å². The van der Waals surface area contributed by atoms with Gasteiger partial charge in [-0.15, -0.1) is 0 Å². The van der Waals surface area contributed by atoms with Crippen LogP contribution in [0.4, 0.5) is 0 Å². The second-order valence-electron chi connectivity index (χ2n) is 14.4. The number of fused-ring (bicyclic) bond motifs is 4. The molecule has 0 radical (unpaired) electrons. The van der Waals surface area contributed by atoms with Gasteiger partial charge in [-0.2, -0.15) is 0 Å². The zero-order valence-corrected chi connectivity index (χ0v) is 31.6. The third-order valence-corrected chi connectivity index (χ3v) is 10.6. The van der Waals surface area contributed by atoms with Crippen LogP contribution in [0.25, 0.3) is 112 Å². The molecule has 4 heterocycles. The highest BCUT2D eigenvalue weighted by Gasteiger charge is 2.21. The Morgan fingerprint density at radius 3 is 1.51 bits per heavy atom. The minimum atomic E-state index is 0.512. The van der Waals surface area contributed by atoms with Gasteiger partial charge in [-0.3, -0.25) is 0 Å². The van der Waals surface area contributed by atoms with Crippen LogP contribution in [-0.2, 0) is 0 Å². The van der Waals surface area contributed by atoms with Crippen molar-refractivity contribution in [1.82, 2.24) is 29.9 Å². The fraction of sp³-hybridized carbons (Fsp3) is 0. The highest BCUT2D eigenvalue weighted by atomic mass is 16.3. The van der Waals surface area contributed by atoms with Crippen LogP contribution in [0.3, 0.4) is 0 Å². The lowest BCUT2D eigenvalue weighted by Crippen LogP contribution is -2.00. The molecule has 0 aliphatic heterocycles. The van der Waals surface area contributed by atoms with Crippen molar-refractivity contribution < 1.29 is 4.42 Å². The first-order valence-corrected chi connectivity index (χ1v) is 19.4. The average Bonchev–Trinajstić information content (AvgIpc) is 3.70. The minimum Gasteiger partial charge on any atom is -0.434 e. The van der Waals surface area contributed by atoms with Crippen molar-refractivity contribution in [2.24, 2.45) is 0 Å². The minimum absolute atomic E-state index is 0.512. The lowest BCUT2D eigenvalue weighted by atomic mass is 10.0. The van der Waals surface area contributed by atoms with Crippen LogP contribution >= 0.6 is 0 Å². The van der Waals surface area contributed by atoms with Gasteiger partial charge in [0.15, 0.2) is 28.9 Å². The molecule has 0 saturated heterocycles. The van der Waals surface area contributed by atoms with Crippen molar-refractivity contribution in [3.63, 3.8) is 0 Å². The van der Waals surface area contributed by atoms with Crippen LogP contribution in [0.2, 0.25) is 0 Å². The van der Waals surface area contributed by atoms with Gasteiger partial charge in [0, 0.05) is 39.6 Å². The van der Waals surface area contributed by atoms with Gasteiger partial charge in [0.1, 0.15) is 11.2 Å². The highest BCUT2D eigenvalue weighted by molar-refractivity contribution is 6.07. The zero-order valence-electron chi connectivity index (χ0n) is 31.6. The van der Waals surface area contributed by atoms with Gasteiger partial charge in [-0.25, -0.2) is 29.9 Å².